The predicted molar refractivity (Wildman–Crippen MR) is 71.9 cm³/mol. The van der Waals surface area contributed by atoms with Crippen molar-refractivity contribution in [2.45, 2.75) is 51.2 Å². The third kappa shape index (κ3) is 2.55. The Kier molecular flexibility index (Phi) is 4.32. The van der Waals surface area contributed by atoms with Crippen LogP contribution in [-0.4, -0.2) is 17.2 Å². The standard InChI is InChI=1S/C14H23N3O/c1-3-18-14(8-4-5-9-14)13(17-15)12-7-6-11(2)16-10-12/h6-7,10,13,17H,3-5,8-9,15H2,1-2H3. The Bertz CT molecular complexity index is 371. The highest BCUT2D eigenvalue weighted by Crippen LogP contribution is 2.42. The SMILES string of the molecule is CCOC1(C(NN)c2ccc(C)nc2)CCCC1. The Balaban J connectivity index is 2.27. The molecule has 1 aliphatic rings. The van der Waals surface area contributed by atoms with Crippen LogP contribution in [0.15, 0.2) is 18.3 Å². The number of hydrogen-bond donors (Lipinski definition) is 2. The van der Waals surface area contributed by atoms with Gasteiger partial charge in [-0.3, -0.25) is 16.3 Å². The van der Waals surface area contributed by atoms with Gasteiger partial charge in [0.25, 0.3) is 0 Å². The minimum Gasteiger partial charge on any atom is -0.373 e. The quantitative estimate of drug-likeness (QED) is 0.620. The molecule has 1 aliphatic carbocycles. The second-order valence-electron chi connectivity index (χ2n) is 5.04. The first-order valence-electron chi connectivity index (χ1n) is 6.74. The average molecular weight is 249 g/mol. The summed E-state index contributed by atoms with van der Waals surface area (Å²) in [6.45, 7) is 4.75. The van der Waals surface area contributed by atoms with Crippen molar-refractivity contribution in [2.75, 3.05) is 6.61 Å². The Morgan fingerprint density at radius 2 is 2.17 bits per heavy atom. The zero-order valence-corrected chi connectivity index (χ0v) is 11.3. The summed E-state index contributed by atoms with van der Waals surface area (Å²) < 4.78 is 6.06. The molecule has 18 heavy (non-hydrogen) atoms. The van der Waals surface area contributed by atoms with Crippen molar-refractivity contribution in [1.29, 1.82) is 0 Å². The molecule has 4 nitrogen and oxygen atoms in total. The Hall–Kier alpha value is -0.970. The Morgan fingerprint density at radius 1 is 1.44 bits per heavy atom. The van der Waals surface area contributed by atoms with Crippen LogP contribution in [0.1, 0.15) is 49.9 Å². The smallest absolute Gasteiger partial charge is 0.0889 e. The van der Waals surface area contributed by atoms with Gasteiger partial charge >= 0.3 is 0 Å². The fourth-order valence-corrected chi connectivity index (χ4v) is 2.98. The molecule has 100 valence electrons. The number of ether oxygens (including phenoxy) is 1. The zero-order valence-electron chi connectivity index (χ0n) is 11.3. The van der Waals surface area contributed by atoms with Gasteiger partial charge in [0.15, 0.2) is 0 Å². The van der Waals surface area contributed by atoms with Gasteiger partial charge in [-0.1, -0.05) is 18.9 Å². The van der Waals surface area contributed by atoms with Gasteiger partial charge in [0.1, 0.15) is 0 Å². The number of hydrazine groups is 1. The Morgan fingerprint density at radius 3 is 2.67 bits per heavy atom. The van der Waals surface area contributed by atoms with Crippen molar-refractivity contribution in [1.82, 2.24) is 10.4 Å². The van der Waals surface area contributed by atoms with Crippen LogP contribution in [0, 0.1) is 6.92 Å². The highest BCUT2D eigenvalue weighted by Gasteiger charge is 2.42. The molecular weight excluding hydrogens is 226 g/mol. The maximum Gasteiger partial charge on any atom is 0.0889 e. The third-order valence-electron chi connectivity index (χ3n) is 3.84. The zero-order chi connectivity index (χ0) is 13.0. The number of aryl methyl sites for hydroxylation is 1. The minimum absolute atomic E-state index is 0.0213. The van der Waals surface area contributed by atoms with Crippen LogP contribution in [0.25, 0.3) is 0 Å². The average Bonchev–Trinajstić information content (AvgIpc) is 2.82. The minimum atomic E-state index is -0.166. The number of aromatic nitrogens is 1. The van der Waals surface area contributed by atoms with Gasteiger partial charge in [0.2, 0.25) is 0 Å². The van der Waals surface area contributed by atoms with Gasteiger partial charge in [0.05, 0.1) is 11.6 Å². The van der Waals surface area contributed by atoms with E-state index in [-0.39, 0.29) is 11.6 Å². The van der Waals surface area contributed by atoms with Gasteiger partial charge in [-0.2, -0.15) is 0 Å². The summed E-state index contributed by atoms with van der Waals surface area (Å²) in [5, 5.41) is 0. The lowest BCUT2D eigenvalue weighted by molar-refractivity contribution is -0.0628. The predicted octanol–water partition coefficient (Wildman–Crippen LogP) is 2.24. The largest absolute Gasteiger partial charge is 0.373 e. The lowest BCUT2D eigenvalue weighted by Crippen LogP contribution is -2.47. The summed E-state index contributed by atoms with van der Waals surface area (Å²) in [7, 11) is 0. The second kappa shape index (κ2) is 5.78. The third-order valence-corrected chi connectivity index (χ3v) is 3.84. The van der Waals surface area contributed by atoms with Crippen LogP contribution in [0.2, 0.25) is 0 Å². The van der Waals surface area contributed by atoms with Crippen LogP contribution in [0.5, 0.6) is 0 Å². The molecule has 1 aromatic rings. The van der Waals surface area contributed by atoms with E-state index in [0.29, 0.717) is 0 Å². The summed E-state index contributed by atoms with van der Waals surface area (Å²) in [5.41, 5.74) is 4.90. The molecule has 0 radical (unpaired) electrons. The van der Waals surface area contributed by atoms with Gasteiger partial charge in [-0.05, 0) is 38.3 Å². The van der Waals surface area contributed by atoms with Crippen LogP contribution in [0.4, 0.5) is 0 Å². The van der Waals surface area contributed by atoms with Crippen molar-refractivity contribution in [3.05, 3.63) is 29.6 Å². The Labute approximate surface area is 109 Å². The van der Waals surface area contributed by atoms with Gasteiger partial charge < -0.3 is 4.74 Å². The van der Waals surface area contributed by atoms with E-state index in [4.69, 9.17) is 10.6 Å². The molecule has 0 bridgehead atoms. The molecule has 3 N–H and O–H groups in total. The molecule has 1 heterocycles. The fraction of sp³-hybridized carbons (Fsp3) is 0.643. The van der Waals surface area contributed by atoms with Gasteiger partial charge in [-0.25, -0.2) is 0 Å². The van der Waals surface area contributed by atoms with E-state index in [0.717, 1.165) is 30.7 Å². The summed E-state index contributed by atoms with van der Waals surface area (Å²) in [6.07, 6.45) is 6.43. The van der Waals surface area contributed by atoms with E-state index in [1.165, 1.54) is 12.8 Å². The lowest BCUT2D eigenvalue weighted by Gasteiger charge is -2.37. The summed E-state index contributed by atoms with van der Waals surface area (Å²) in [4.78, 5) is 4.36. The van der Waals surface area contributed by atoms with E-state index < -0.39 is 0 Å². The number of nitrogens with one attached hydrogen (secondary N) is 1. The van der Waals surface area contributed by atoms with Crippen molar-refractivity contribution in [2.24, 2.45) is 5.84 Å². The molecule has 1 saturated carbocycles. The number of rotatable bonds is 5. The summed E-state index contributed by atoms with van der Waals surface area (Å²) in [6, 6.07) is 4.13. The molecule has 1 fully saturated rings. The molecule has 0 aliphatic heterocycles. The van der Waals surface area contributed by atoms with Gasteiger partial charge in [0, 0.05) is 18.5 Å². The van der Waals surface area contributed by atoms with Crippen molar-refractivity contribution in [3.63, 3.8) is 0 Å². The van der Waals surface area contributed by atoms with Crippen molar-refractivity contribution in [3.8, 4) is 0 Å². The van der Waals surface area contributed by atoms with Crippen LogP contribution in [-0.2, 0) is 4.74 Å². The number of hydrogen-bond acceptors (Lipinski definition) is 4. The first-order valence-corrected chi connectivity index (χ1v) is 6.74. The number of pyridine rings is 1. The molecule has 2 rings (SSSR count). The molecule has 0 saturated heterocycles. The molecule has 4 heteroatoms. The molecule has 0 aromatic carbocycles. The van der Waals surface area contributed by atoms with E-state index in [1.807, 2.05) is 26.1 Å². The molecule has 1 unspecified atom stereocenters. The normalized spacial score (nSPS) is 19.9. The first-order chi connectivity index (χ1) is 8.72. The summed E-state index contributed by atoms with van der Waals surface area (Å²) in [5.74, 6) is 5.78. The van der Waals surface area contributed by atoms with Crippen LogP contribution in [0.3, 0.4) is 0 Å². The van der Waals surface area contributed by atoms with E-state index in [2.05, 4.69) is 16.5 Å². The lowest BCUT2D eigenvalue weighted by atomic mass is 9.87. The highest BCUT2D eigenvalue weighted by atomic mass is 16.5. The number of nitrogens with zero attached hydrogens (tertiary/aromatic N) is 1. The second-order valence-corrected chi connectivity index (χ2v) is 5.04. The van der Waals surface area contributed by atoms with E-state index >= 15 is 0 Å². The molecular formula is C14H23N3O. The monoisotopic (exact) mass is 249 g/mol. The maximum atomic E-state index is 6.06. The maximum absolute atomic E-state index is 6.06. The highest BCUT2D eigenvalue weighted by molar-refractivity contribution is 5.21. The van der Waals surface area contributed by atoms with Crippen molar-refractivity contribution < 1.29 is 4.74 Å². The topological polar surface area (TPSA) is 60.2 Å². The molecule has 0 spiro atoms. The fourth-order valence-electron chi connectivity index (χ4n) is 2.98. The van der Waals surface area contributed by atoms with E-state index in [1.54, 1.807) is 0 Å². The van der Waals surface area contributed by atoms with E-state index in [9.17, 15) is 0 Å². The summed E-state index contributed by atoms with van der Waals surface area (Å²) >= 11 is 0. The van der Waals surface area contributed by atoms with Crippen LogP contribution >= 0.6 is 0 Å². The van der Waals surface area contributed by atoms with Gasteiger partial charge in [-0.15, -0.1) is 0 Å². The molecule has 0 amide bonds. The molecule has 1 aromatic heterocycles. The number of nitrogens with two attached hydrogens (primary N) is 1. The van der Waals surface area contributed by atoms with Crippen molar-refractivity contribution >= 4 is 0 Å². The molecule has 1 atom stereocenters. The first kappa shape index (κ1) is 13.5. The van der Waals surface area contributed by atoms with Crippen LogP contribution < -0.4 is 11.3 Å².